The third-order valence-electron chi connectivity index (χ3n) is 2.32. The Morgan fingerprint density at radius 1 is 1.06 bits per heavy atom. The van der Waals surface area contributed by atoms with Gasteiger partial charge in [0, 0.05) is 12.4 Å². The van der Waals surface area contributed by atoms with Crippen molar-refractivity contribution in [1.29, 1.82) is 0 Å². The Hall–Kier alpha value is -1.88. The van der Waals surface area contributed by atoms with E-state index in [1.807, 2.05) is 0 Å². The van der Waals surface area contributed by atoms with Crippen LogP contribution in [0.2, 0.25) is 0 Å². The second kappa shape index (κ2) is 4.55. The SMILES string of the molecule is COc1ccccc1S(=O)(=O)c1ccncc1. The smallest absolute Gasteiger partial charge is 0.210 e. The van der Waals surface area contributed by atoms with Crippen molar-refractivity contribution in [3.63, 3.8) is 0 Å². The highest BCUT2D eigenvalue weighted by Crippen LogP contribution is 2.28. The minimum Gasteiger partial charge on any atom is -0.495 e. The molecule has 0 N–H and O–H groups in total. The predicted octanol–water partition coefficient (Wildman–Crippen LogP) is 1.92. The Morgan fingerprint density at radius 2 is 1.71 bits per heavy atom. The number of hydrogen-bond acceptors (Lipinski definition) is 4. The maximum atomic E-state index is 12.3. The standard InChI is InChI=1S/C12H11NO3S/c1-16-11-4-2-3-5-12(11)17(14,15)10-6-8-13-9-7-10/h2-9H,1H3. The topological polar surface area (TPSA) is 56.3 Å². The number of para-hydroxylation sites is 1. The zero-order valence-electron chi connectivity index (χ0n) is 9.20. The lowest BCUT2D eigenvalue weighted by molar-refractivity contribution is 0.402. The summed E-state index contributed by atoms with van der Waals surface area (Å²) >= 11 is 0. The fraction of sp³-hybridized carbons (Fsp3) is 0.0833. The van der Waals surface area contributed by atoms with Gasteiger partial charge in [-0.05, 0) is 24.3 Å². The van der Waals surface area contributed by atoms with Gasteiger partial charge in [-0.15, -0.1) is 0 Å². The van der Waals surface area contributed by atoms with Gasteiger partial charge in [-0.25, -0.2) is 8.42 Å². The van der Waals surface area contributed by atoms with Gasteiger partial charge in [0.2, 0.25) is 9.84 Å². The van der Waals surface area contributed by atoms with Crippen LogP contribution in [0.3, 0.4) is 0 Å². The number of nitrogens with zero attached hydrogens (tertiary/aromatic N) is 1. The molecule has 5 heteroatoms. The van der Waals surface area contributed by atoms with Crippen LogP contribution in [-0.4, -0.2) is 20.5 Å². The van der Waals surface area contributed by atoms with Crippen LogP contribution in [0, 0.1) is 0 Å². The zero-order valence-corrected chi connectivity index (χ0v) is 10.0. The lowest BCUT2D eigenvalue weighted by atomic mass is 10.3. The highest BCUT2D eigenvalue weighted by molar-refractivity contribution is 7.91. The number of aromatic nitrogens is 1. The molecule has 1 heterocycles. The van der Waals surface area contributed by atoms with Crippen molar-refractivity contribution in [2.45, 2.75) is 9.79 Å². The lowest BCUT2D eigenvalue weighted by Gasteiger charge is -2.08. The first-order chi connectivity index (χ1) is 8.16. The Labute approximate surface area is 99.8 Å². The fourth-order valence-corrected chi connectivity index (χ4v) is 2.89. The number of sulfone groups is 1. The quantitative estimate of drug-likeness (QED) is 0.834. The Bertz CT molecular complexity index is 609. The van der Waals surface area contributed by atoms with E-state index in [0.717, 1.165) is 0 Å². The summed E-state index contributed by atoms with van der Waals surface area (Å²) in [5, 5.41) is 0. The van der Waals surface area contributed by atoms with Crippen molar-refractivity contribution >= 4 is 9.84 Å². The van der Waals surface area contributed by atoms with Crippen LogP contribution >= 0.6 is 0 Å². The summed E-state index contributed by atoms with van der Waals surface area (Å²) in [7, 11) is -2.10. The number of rotatable bonds is 3. The van der Waals surface area contributed by atoms with Crippen molar-refractivity contribution in [2.75, 3.05) is 7.11 Å². The minimum atomic E-state index is -3.55. The van der Waals surface area contributed by atoms with Crippen molar-refractivity contribution in [3.8, 4) is 5.75 Å². The molecule has 0 saturated heterocycles. The van der Waals surface area contributed by atoms with Crippen LogP contribution in [0.1, 0.15) is 0 Å². The Morgan fingerprint density at radius 3 is 2.35 bits per heavy atom. The molecule has 17 heavy (non-hydrogen) atoms. The van der Waals surface area contributed by atoms with Gasteiger partial charge in [0.15, 0.2) is 0 Å². The summed E-state index contributed by atoms with van der Waals surface area (Å²) in [5.74, 6) is 0.337. The monoisotopic (exact) mass is 249 g/mol. The average molecular weight is 249 g/mol. The van der Waals surface area contributed by atoms with Crippen LogP contribution in [-0.2, 0) is 9.84 Å². The van der Waals surface area contributed by atoms with E-state index < -0.39 is 9.84 Å². The van der Waals surface area contributed by atoms with Crippen LogP contribution in [0.15, 0.2) is 58.6 Å². The molecule has 0 bridgehead atoms. The van der Waals surface area contributed by atoms with Gasteiger partial charge in [0.1, 0.15) is 10.6 Å². The van der Waals surface area contributed by atoms with Crippen molar-refractivity contribution in [3.05, 3.63) is 48.8 Å². The number of methoxy groups -OCH3 is 1. The second-order valence-electron chi connectivity index (χ2n) is 3.34. The van der Waals surface area contributed by atoms with E-state index in [1.165, 1.54) is 37.7 Å². The molecule has 0 radical (unpaired) electrons. The van der Waals surface area contributed by atoms with E-state index in [0.29, 0.717) is 5.75 Å². The maximum Gasteiger partial charge on any atom is 0.210 e. The Kier molecular flexibility index (Phi) is 3.10. The highest BCUT2D eigenvalue weighted by atomic mass is 32.2. The molecule has 1 aromatic heterocycles. The minimum absolute atomic E-state index is 0.161. The van der Waals surface area contributed by atoms with E-state index >= 15 is 0 Å². The molecule has 4 nitrogen and oxygen atoms in total. The molecule has 0 unspecified atom stereocenters. The lowest BCUT2D eigenvalue weighted by Crippen LogP contribution is -2.04. The van der Waals surface area contributed by atoms with Gasteiger partial charge in [0.05, 0.1) is 12.0 Å². The van der Waals surface area contributed by atoms with Gasteiger partial charge in [0.25, 0.3) is 0 Å². The van der Waals surface area contributed by atoms with Crippen molar-refractivity contribution in [1.82, 2.24) is 4.98 Å². The van der Waals surface area contributed by atoms with Crippen LogP contribution in [0.4, 0.5) is 0 Å². The predicted molar refractivity (Wildman–Crippen MR) is 62.7 cm³/mol. The van der Waals surface area contributed by atoms with Crippen LogP contribution in [0.25, 0.3) is 0 Å². The molecule has 2 aromatic rings. The molecule has 0 amide bonds. The molecule has 88 valence electrons. The van der Waals surface area contributed by atoms with Gasteiger partial charge in [-0.2, -0.15) is 0 Å². The molecule has 2 rings (SSSR count). The number of pyridine rings is 1. The number of ether oxygens (including phenoxy) is 1. The third kappa shape index (κ3) is 2.14. The zero-order chi connectivity index (χ0) is 12.3. The van der Waals surface area contributed by atoms with E-state index in [1.54, 1.807) is 18.2 Å². The van der Waals surface area contributed by atoms with E-state index in [4.69, 9.17) is 4.74 Å². The largest absolute Gasteiger partial charge is 0.495 e. The molecule has 0 saturated carbocycles. The highest BCUT2D eigenvalue weighted by Gasteiger charge is 2.21. The first-order valence-corrected chi connectivity index (χ1v) is 6.42. The van der Waals surface area contributed by atoms with Crippen LogP contribution in [0.5, 0.6) is 5.75 Å². The first-order valence-electron chi connectivity index (χ1n) is 4.94. The average Bonchev–Trinajstić information content (AvgIpc) is 2.39. The molecule has 1 aromatic carbocycles. The molecule has 0 aliphatic rings. The molecule has 0 aliphatic heterocycles. The first kappa shape index (κ1) is 11.6. The molecular weight excluding hydrogens is 238 g/mol. The number of hydrogen-bond donors (Lipinski definition) is 0. The van der Waals surface area contributed by atoms with Crippen molar-refractivity contribution in [2.24, 2.45) is 0 Å². The fourth-order valence-electron chi connectivity index (χ4n) is 1.49. The van der Waals surface area contributed by atoms with Gasteiger partial charge >= 0.3 is 0 Å². The maximum absolute atomic E-state index is 12.3. The van der Waals surface area contributed by atoms with Crippen molar-refractivity contribution < 1.29 is 13.2 Å². The molecule has 0 spiro atoms. The van der Waals surface area contributed by atoms with E-state index in [2.05, 4.69) is 4.98 Å². The Balaban J connectivity index is 2.61. The summed E-state index contributed by atoms with van der Waals surface area (Å²) < 4.78 is 29.7. The summed E-state index contributed by atoms with van der Waals surface area (Å²) in [6.07, 6.45) is 2.89. The summed E-state index contributed by atoms with van der Waals surface area (Å²) in [4.78, 5) is 4.17. The van der Waals surface area contributed by atoms with Crippen LogP contribution < -0.4 is 4.74 Å². The van der Waals surface area contributed by atoms with Gasteiger partial charge in [-0.1, -0.05) is 12.1 Å². The normalized spacial score (nSPS) is 11.1. The van der Waals surface area contributed by atoms with E-state index in [-0.39, 0.29) is 9.79 Å². The van der Waals surface area contributed by atoms with Gasteiger partial charge < -0.3 is 4.74 Å². The number of benzene rings is 1. The molecule has 0 fully saturated rings. The third-order valence-corrected chi connectivity index (χ3v) is 4.13. The summed E-state index contributed by atoms with van der Waals surface area (Å²) in [6, 6.07) is 9.45. The summed E-state index contributed by atoms with van der Waals surface area (Å²) in [5.41, 5.74) is 0. The second-order valence-corrected chi connectivity index (χ2v) is 5.26. The summed E-state index contributed by atoms with van der Waals surface area (Å²) in [6.45, 7) is 0. The van der Waals surface area contributed by atoms with E-state index in [9.17, 15) is 8.42 Å². The van der Waals surface area contributed by atoms with Gasteiger partial charge in [-0.3, -0.25) is 4.98 Å². The molecular formula is C12H11NO3S. The molecule has 0 atom stereocenters. The molecule has 0 aliphatic carbocycles.